The monoisotopic (exact) mass is 370 g/mol. The first kappa shape index (κ1) is 16.8. The van der Waals surface area contributed by atoms with Crippen molar-refractivity contribution in [3.05, 3.63) is 76.7 Å². The number of benzene rings is 2. The standard InChI is InChI=1S/C20H16ClFN2O2/c21-18-4-2-1-3-17(18)20(25)24(16-9-10-16)12-15-11-19(26-23-15)13-5-7-14(22)8-6-13/h1-8,11,16H,9-10,12H2. The van der Waals surface area contributed by atoms with E-state index in [4.69, 9.17) is 16.1 Å². The second-order valence-corrected chi connectivity index (χ2v) is 6.74. The molecular formula is C20H16ClFN2O2. The first-order chi connectivity index (χ1) is 12.6. The van der Waals surface area contributed by atoms with Crippen LogP contribution < -0.4 is 0 Å². The van der Waals surface area contributed by atoms with E-state index in [1.165, 1.54) is 12.1 Å². The lowest BCUT2D eigenvalue weighted by atomic mass is 10.1. The molecule has 0 aliphatic heterocycles. The molecule has 1 aliphatic rings. The summed E-state index contributed by atoms with van der Waals surface area (Å²) in [6, 6.07) is 15.0. The van der Waals surface area contributed by atoms with Crippen LogP contribution in [0.2, 0.25) is 5.02 Å². The highest BCUT2D eigenvalue weighted by molar-refractivity contribution is 6.33. The largest absolute Gasteiger partial charge is 0.356 e. The quantitative estimate of drug-likeness (QED) is 0.639. The van der Waals surface area contributed by atoms with Crippen molar-refractivity contribution in [2.75, 3.05) is 0 Å². The summed E-state index contributed by atoms with van der Waals surface area (Å²) in [7, 11) is 0. The van der Waals surface area contributed by atoms with Crippen LogP contribution >= 0.6 is 11.6 Å². The van der Waals surface area contributed by atoms with Crippen LogP contribution in [0.1, 0.15) is 28.9 Å². The van der Waals surface area contributed by atoms with Crippen molar-refractivity contribution >= 4 is 17.5 Å². The average Bonchev–Trinajstić information content (AvgIpc) is 3.38. The van der Waals surface area contributed by atoms with E-state index in [2.05, 4.69) is 5.16 Å². The summed E-state index contributed by atoms with van der Waals surface area (Å²) in [4.78, 5) is 14.7. The summed E-state index contributed by atoms with van der Waals surface area (Å²) < 4.78 is 18.4. The molecule has 4 rings (SSSR count). The van der Waals surface area contributed by atoms with E-state index in [0.717, 1.165) is 18.4 Å². The molecule has 0 radical (unpaired) electrons. The molecule has 0 saturated heterocycles. The van der Waals surface area contributed by atoms with Crippen LogP contribution in [0.25, 0.3) is 11.3 Å². The lowest BCUT2D eigenvalue weighted by molar-refractivity contribution is 0.0726. The second-order valence-electron chi connectivity index (χ2n) is 6.33. The van der Waals surface area contributed by atoms with Crippen molar-refractivity contribution < 1.29 is 13.7 Å². The minimum atomic E-state index is -0.307. The van der Waals surface area contributed by atoms with Gasteiger partial charge in [0.1, 0.15) is 11.5 Å². The molecule has 1 saturated carbocycles. The zero-order valence-corrected chi connectivity index (χ0v) is 14.6. The smallest absolute Gasteiger partial charge is 0.255 e. The van der Waals surface area contributed by atoms with Gasteiger partial charge in [-0.2, -0.15) is 0 Å². The Morgan fingerprint density at radius 2 is 1.92 bits per heavy atom. The van der Waals surface area contributed by atoms with Gasteiger partial charge in [-0.15, -0.1) is 0 Å². The molecule has 132 valence electrons. The van der Waals surface area contributed by atoms with Crippen molar-refractivity contribution in [2.24, 2.45) is 0 Å². The fourth-order valence-electron chi connectivity index (χ4n) is 2.85. The zero-order chi connectivity index (χ0) is 18.1. The third kappa shape index (κ3) is 3.48. The molecule has 0 atom stereocenters. The highest BCUT2D eigenvalue weighted by atomic mass is 35.5. The van der Waals surface area contributed by atoms with Crippen LogP contribution in [0.4, 0.5) is 4.39 Å². The van der Waals surface area contributed by atoms with Gasteiger partial charge in [0.15, 0.2) is 5.76 Å². The third-order valence-electron chi connectivity index (χ3n) is 4.37. The Balaban J connectivity index is 1.55. The van der Waals surface area contributed by atoms with Crippen LogP contribution in [0.15, 0.2) is 59.1 Å². The third-order valence-corrected chi connectivity index (χ3v) is 4.70. The predicted molar refractivity (Wildman–Crippen MR) is 96.2 cm³/mol. The molecule has 3 aromatic rings. The van der Waals surface area contributed by atoms with Gasteiger partial charge in [-0.25, -0.2) is 4.39 Å². The van der Waals surface area contributed by atoms with Crippen LogP contribution in [-0.2, 0) is 6.54 Å². The van der Waals surface area contributed by atoms with Crippen molar-refractivity contribution in [2.45, 2.75) is 25.4 Å². The summed E-state index contributed by atoms with van der Waals surface area (Å²) in [5.74, 6) is 0.129. The Kier molecular flexibility index (Phi) is 4.47. The number of halogens is 2. The molecule has 1 aliphatic carbocycles. The molecule has 0 unspecified atom stereocenters. The van der Waals surface area contributed by atoms with E-state index in [1.54, 1.807) is 47.4 Å². The summed E-state index contributed by atoms with van der Waals surface area (Å²) in [6.07, 6.45) is 1.94. The van der Waals surface area contributed by atoms with Crippen molar-refractivity contribution in [1.29, 1.82) is 0 Å². The topological polar surface area (TPSA) is 46.3 Å². The molecule has 1 amide bonds. The number of carbonyl (C=O) groups excluding carboxylic acids is 1. The Morgan fingerprint density at radius 3 is 2.62 bits per heavy atom. The SMILES string of the molecule is O=C(c1ccccc1Cl)N(Cc1cc(-c2ccc(F)cc2)on1)C1CC1. The summed E-state index contributed by atoms with van der Waals surface area (Å²) in [6.45, 7) is 0.347. The lowest BCUT2D eigenvalue weighted by Gasteiger charge is -2.21. The Morgan fingerprint density at radius 1 is 1.19 bits per heavy atom. The van der Waals surface area contributed by atoms with Gasteiger partial charge in [0.2, 0.25) is 0 Å². The van der Waals surface area contributed by atoms with E-state index in [0.29, 0.717) is 28.6 Å². The zero-order valence-electron chi connectivity index (χ0n) is 13.9. The summed E-state index contributed by atoms with van der Waals surface area (Å²) >= 11 is 6.18. The van der Waals surface area contributed by atoms with Gasteiger partial charge in [0, 0.05) is 17.7 Å². The van der Waals surface area contributed by atoms with Gasteiger partial charge in [0.05, 0.1) is 17.1 Å². The number of rotatable bonds is 5. The van der Waals surface area contributed by atoms with Crippen LogP contribution in [0.5, 0.6) is 0 Å². The first-order valence-corrected chi connectivity index (χ1v) is 8.76. The highest BCUT2D eigenvalue weighted by Crippen LogP contribution is 2.31. The fraction of sp³-hybridized carbons (Fsp3) is 0.200. The first-order valence-electron chi connectivity index (χ1n) is 8.39. The van der Waals surface area contributed by atoms with Crippen LogP contribution in [-0.4, -0.2) is 22.0 Å². The van der Waals surface area contributed by atoms with Gasteiger partial charge in [0.25, 0.3) is 5.91 Å². The molecule has 2 aromatic carbocycles. The number of carbonyl (C=O) groups is 1. The van der Waals surface area contributed by atoms with Gasteiger partial charge in [-0.3, -0.25) is 4.79 Å². The molecule has 6 heteroatoms. The molecule has 1 fully saturated rings. The number of hydrogen-bond acceptors (Lipinski definition) is 3. The average molecular weight is 371 g/mol. The van der Waals surface area contributed by atoms with E-state index >= 15 is 0 Å². The van der Waals surface area contributed by atoms with Crippen molar-refractivity contribution in [3.63, 3.8) is 0 Å². The Bertz CT molecular complexity index is 935. The highest BCUT2D eigenvalue weighted by Gasteiger charge is 2.34. The fourth-order valence-corrected chi connectivity index (χ4v) is 3.07. The molecule has 26 heavy (non-hydrogen) atoms. The molecule has 0 bridgehead atoms. The van der Waals surface area contributed by atoms with Crippen LogP contribution in [0, 0.1) is 5.82 Å². The van der Waals surface area contributed by atoms with Gasteiger partial charge in [-0.05, 0) is 49.2 Å². The van der Waals surface area contributed by atoms with Gasteiger partial charge < -0.3 is 9.42 Å². The summed E-state index contributed by atoms with van der Waals surface area (Å²) in [5, 5.41) is 4.51. The second kappa shape index (κ2) is 6.92. The Labute approximate surface area is 155 Å². The number of amides is 1. The van der Waals surface area contributed by atoms with Crippen molar-refractivity contribution in [1.82, 2.24) is 10.1 Å². The predicted octanol–water partition coefficient (Wildman–Crippen LogP) is 4.94. The maximum atomic E-state index is 13.1. The summed E-state index contributed by atoms with van der Waals surface area (Å²) in [5.41, 5.74) is 1.88. The van der Waals surface area contributed by atoms with Gasteiger partial charge >= 0.3 is 0 Å². The molecule has 1 aromatic heterocycles. The number of hydrogen-bond donors (Lipinski definition) is 0. The number of nitrogens with zero attached hydrogens (tertiary/aromatic N) is 2. The van der Waals surface area contributed by atoms with E-state index in [9.17, 15) is 9.18 Å². The minimum Gasteiger partial charge on any atom is -0.356 e. The molecular weight excluding hydrogens is 355 g/mol. The van der Waals surface area contributed by atoms with E-state index in [1.807, 2.05) is 0 Å². The minimum absolute atomic E-state index is 0.107. The lowest BCUT2D eigenvalue weighted by Crippen LogP contribution is -2.32. The molecule has 0 N–H and O–H groups in total. The van der Waals surface area contributed by atoms with Crippen LogP contribution in [0.3, 0.4) is 0 Å². The number of aromatic nitrogens is 1. The van der Waals surface area contributed by atoms with E-state index < -0.39 is 0 Å². The van der Waals surface area contributed by atoms with Crippen molar-refractivity contribution in [3.8, 4) is 11.3 Å². The van der Waals surface area contributed by atoms with E-state index in [-0.39, 0.29) is 17.8 Å². The normalized spacial score (nSPS) is 13.6. The van der Waals surface area contributed by atoms with Gasteiger partial charge in [-0.1, -0.05) is 28.9 Å². The molecule has 4 nitrogen and oxygen atoms in total. The molecule has 0 spiro atoms. The maximum Gasteiger partial charge on any atom is 0.255 e. The maximum absolute atomic E-state index is 13.1. The Hall–Kier alpha value is -2.66. The molecule has 1 heterocycles.